The Labute approximate surface area is 125 Å². The lowest BCUT2D eigenvalue weighted by Crippen LogP contribution is -2.54. The quantitative estimate of drug-likeness (QED) is 0.876. The Bertz CT molecular complexity index is 513. The molecule has 4 nitrogen and oxygen atoms in total. The molecule has 1 heterocycles. The number of hydrogen-bond acceptors (Lipinski definition) is 3. The van der Waals surface area contributed by atoms with Gasteiger partial charge in [0.2, 0.25) is 5.91 Å². The van der Waals surface area contributed by atoms with Crippen molar-refractivity contribution in [1.29, 1.82) is 0 Å². The predicted octanol–water partition coefficient (Wildman–Crippen LogP) is 2.09. The Morgan fingerprint density at radius 2 is 2.00 bits per heavy atom. The van der Waals surface area contributed by atoms with E-state index in [1.54, 1.807) is 24.3 Å². The van der Waals surface area contributed by atoms with Gasteiger partial charge in [0, 0.05) is 19.0 Å². The van der Waals surface area contributed by atoms with E-state index in [2.05, 4.69) is 0 Å². The molecule has 0 spiro atoms. The van der Waals surface area contributed by atoms with E-state index in [4.69, 9.17) is 0 Å². The van der Waals surface area contributed by atoms with Gasteiger partial charge >= 0.3 is 0 Å². The van der Waals surface area contributed by atoms with E-state index in [-0.39, 0.29) is 17.6 Å². The Kier molecular flexibility index (Phi) is 3.89. The van der Waals surface area contributed by atoms with Crippen LogP contribution in [0.2, 0.25) is 0 Å². The monoisotopic (exact) mass is 289 g/mol. The fourth-order valence-electron chi connectivity index (χ4n) is 3.70. The largest absolute Gasteiger partial charge is 0.508 e. The van der Waals surface area contributed by atoms with Crippen molar-refractivity contribution >= 4 is 5.91 Å². The highest BCUT2D eigenvalue weighted by Gasteiger charge is 2.43. The number of rotatable bonds is 2. The van der Waals surface area contributed by atoms with Crippen LogP contribution >= 0.6 is 0 Å². The van der Waals surface area contributed by atoms with Gasteiger partial charge in [-0.3, -0.25) is 4.79 Å². The van der Waals surface area contributed by atoms with Gasteiger partial charge in [-0.1, -0.05) is 25.0 Å². The van der Waals surface area contributed by atoms with Crippen molar-refractivity contribution in [2.75, 3.05) is 13.1 Å². The molecule has 1 aliphatic heterocycles. The van der Waals surface area contributed by atoms with Crippen LogP contribution in [0.1, 0.15) is 37.7 Å². The van der Waals surface area contributed by atoms with E-state index < -0.39 is 5.60 Å². The van der Waals surface area contributed by atoms with Crippen LogP contribution in [0.15, 0.2) is 24.3 Å². The molecule has 2 atom stereocenters. The first-order valence-corrected chi connectivity index (χ1v) is 7.85. The van der Waals surface area contributed by atoms with Crippen molar-refractivity contribution in [3.63, 3.8) is 0 Å². The molecular formula is C17H23NO3. The molecule has 114 valence electrons. The summed E-state index contributed by atoms with van der Waals surface area (Å²) in [5.74, 6) is 0.577. The number of phenolic OH excluding ortho intramolecular Hbond substituents is 1. The number of phenols is 1. The van der Waals surface area contributed by atoms with E-state index in [1.807, 2.05) is 4.90 Å². The number of carbonyl (C=O) groups excluding carboxylic acids is 1. The van der Waals surface area contributed by atoms with Crippen molar-refractivity contribution in [1.82, 2.24) is 4.90 Å². The maximum atomic E-state index is 12.4. The molecule has 1 saturated heterocycles. The van der Waals surface area contributed by atoms with E-state index >= 15 is 0 Å². The maximum Gasteiger partial charge on any atom is 0.227 e. The molecule has 2 fully saturated rings. The van der Waals surface area contributed by atoms with E-state index in [0.717, 1.165) is 31.2 Å². The van der Waals surface area contributed by atoms with E-state index in [9.17, 15) is 15.0 Å². The van der Waals surface area contributed by atoms with Gasteiger partial charge in [0.15, 0.2) is 0 Å². The topological polar surface area (TPSA) is 60.8 Å². The van der Waals surface area contributed by atoms with Gasteiger partial charge in [-0.2, -0.15) is 0 Å². The summed E-state index contributed by atoms with van der Waals surface area (Å²) in [6, 6.07) is 6.79. The third-order valence-electron chi connectivity index (χ3n) is 5.07. The second-order valence-corrected chi connectivity index (χ2v) is 6.48. The molecule has 1 amide bonds. The zero-order chi connectivity index (χ0) is 14.9. The highest BCUT2D eigenvalue weighted by atomic mass is 16.3. The van der Waals surface area contributed by atoms with Gasteiger partial charge in [0.05, 0.1) is 12.0 Å². The fourth-order valence-corrected chi connectivity index (χ4v) is 3.70. The van der Waals surface area contributed by atoms with Crippen molar-refractivity contribution in [2.24, 2.45) is 5.92 Å². The summed E-state index contributed by atoms with van der Waals surface area (Å²) >= 11 is 0. The average Bonchev–Trinajstić information content (AvgIpc) is 2.48. The second-order valence-electron chi connectivity index (χ2n) is 6.48. The number of fused-ring (bicyclic) bond motifs is 1. The van der Waals surface area contributed by atoms with Gasteiger partial charge in [-0.25, -0.2) is 0 Å². The van der Waals surface area contributed by atoms with Crippen molar-refractivity contribution in [2.45, 2.75) is 44.1 Å². The standard InChI is InChI=1S/C17H23NO3/c19-15-6-4-13(5-7-15)11-16(20)18-10-9-17(21)8-2-1-3-14(17)12-18/h4-7,14,19,21H,1-3,8-12H2. The summed E-state index contributed by atoms with van der Waals surface area (Å²) in [7, 11) is 0. The maximum absolute atomic E-state index is 12.4. The van der Waals surface area contributed by atoms with Crippen LogP contribution in [0.3, 0.4) is 0 Å². The Morgan fingerprint density at radius 1 is 1.24 bits per heavy atom. The SMILES string of the molecule is O=C(Cc1ccc(O)cc1)N1CCC2(O)CCCCC2C1. The minimum Gasteiger partial charge on any atom is -0.508 e. The number of benzene rings is 1. The normalized spacial score (nSPS) is 29.0. The lowest BCUT2D eigenvalue weighted by Gasteiger charge is -2.47. The molecule has 1 saturated carbocycles. The van der Waals surface area contributed by atoms with Crippen molar-refractivity contribution in [3.8, 4) is 5.75 Å². The minimum absolute atomic E-state index is 0.119. The summed E-state index contributed by atoms with van der Waals surface area (Å²) in [6.07, 6.45) is 5.25. The molecule has 2 aliphatic rings. The Morgan fingerprint density at radius 3 is 2.76 bits per heavy atom. The summed E-state index contributed by atoms with van der Waals surface area (Å²) in [5, 5.41) is 19.9. The highest BCUT2D eigenvalue weighted by molar-refractivity contribution is 5.79. The number of likely N-dealkylation sites (tertiary alicyclic amines) is 1. The first-order chi connectivity index (χ1) is 10.1. The van der Waals surface area contributed by atoms with Crippen LogP contribution in [0, 0.1) is 5.92 Å². The lowest BCUT2D eigenvalue weighted by molar-refractivity contribution is -0.142. The molecule has 3 rings (SSSR count). The molecule has 2 unspecified atom stereocenters. The second kappa shape index (κ2) is 5.68. The minimum atomic E-state index is -0.534. The molecular weight excluding hydrogens is 266 g/mol. The highest BCUT2D eigenvalue weighted by Crippen LogP contribution is 2.39. The third kappa shape index (κ3) is 3.05. The predicted molar refractivity (Wildman–Crippen MR) is 79.9 cm³/mol. The Hall–Kier alpha value is -1.55. The smallest absolute Gasteiger partial charge is 0.227 e. The number of nitrogens with zero attached hydrogens (tertiary/aromatic N) is 1. The number of aromatic hydroxyl groups is 1. The molecule has 0 radical (unpaired) electrons. The van der Waals surface area contributed by atoms with Gasteiger partial charge < -0.3 is 15.1 Å². The van der Waals surface area contributed by atoms with Crippen LogP contribution in [-0.2, 0) is 11.2 Å². The molecule has 1 aromatic carbocycles. The summed E-state index contributed by atoms with van der Waals surface area (Å²) < 4.78 is 0. The van der Waals surface area contributed by atoms with Crippen LogP contribution in [0.5, 0.6) is 5.75 Å². The molecule has 0 bridgehead atoms. The summed E-state index contributed by atoms with van der Waals surface area (Å²) in [5.41, 5.74) is 0.385. The van der Waals surface area contributed by atoms with E-state index in [0.29, 0.717) is 25.9 Å². The van der Waals surface area contributed by atoms with Crippen LogP contribution in [0.4, 0.5) is 0 Å². The third-order valence-corrected chi connectivity index (χ3v) is 5.07. The zero-order valence-corrected chi connectivity index (χ0v) is 12.3. The first kappa shape index (κ1) is 14.4. The fraction of sp³-hybridized carbons (Fsp3) is 0.588. The van der Waals surface area contributed by atoms with Crippen molar-refractivity contribution < 1.29 is 15.0 Å². The zero-order valence-electron chi connectivity index (χ0n) is 12.3. The molecule has 21 heavy (non-hydrogen) atoms. The van der Waals surface area contributed by atoms with Crippen LogP contribution < -0.4 is 0 Å². The first-order valence-electron chi connectivity index (χ1n) is 7.85. The number of amides is 1. The lowest BCUT2D eigenvalue weighted by atomic mass is 9.71. The number of piperidine rings is 1. The molecule has 1 aliphatic carbocycles. The van der Waals surface area contributed by atoms with Crippen LogP contribution in [0.25, 0.3) is 0 Å². The summed E-state index contributed by atoms with van der Waals surface area (Å²) in [6.45, 7) is 1.34. The van der Waals surface area contributed by atoms with Gasteiger partial charge in [0.25, 0.3) is 0 Å². The number of aliphatic hydroxyl groups is 1. The van der Waals surface area contributed by atoms with Crippen LogP contribution in [-0.4, -0.2) is 39.7 Å². The summed E-state index contributed by atoms with van der Waals surface area (Å²) in [4.78, 5) is 14.3. The van der Waals surface area contributed by atoms with Gasteiger partial charge in [0.1, 0.15) is 5.75 Å². The number of carbonyl (C=O) groups is 1. The number of hydrogen-bond donors (Lipinski definition) is 2. The molecule has 0 aromatic heterocycles. The van der Waals surface area contributed by atoms with Crippen molar-refractivity contribution in [3.05, 3.63) is 29.8 Å². The van der Waals surface area contributed by atoms with E-state index in [1.165, 1.54) is 0 Å². The molecule has 4 heteroatoms. The average molecular weight is 289 g/mol. The van der Waals surface area contributed by atoms with Gasteiger partial charge in [-0.05, 0) is 37.0 Å². The van der Waals surface area contributed by atoms with Gasteiger partial charge in [-0.15, -0.1) is 0 Å². The Balaban J connectivity index is 1.62. The molecule has 1 aromatic rings. The molecule has 2 N–H and O–H groups in total.